The summed E-state index contributed by atoms with van der Waals surface area (Å²) in [6.45, 7) is 2.53. The molecule has 1 aromatic heterocycles. The highest BCUT2D eigenvalue weighted by Gasteiger charge is 2.45. The van der Waals surface area contributed by atoms with Gasteiger partial charge in [-0.3, -0.25) is 14.6 Å². The van der Waals surface area contributed by atoms with Gasteiger partial charge >= 0.3 is 0 Å². The van der Waals surface area contributed by atoms with Crippen LogP contribution >= 0.6 is 11.6 Å². The van der Waals surface area contributed by atoms with Gasteiger partial charge in [-0.1, -0.05) is 43.5 Å². The molecule has 1 N–H and O–H groups in total. The van der Waals surface area contributed by atoms with Crippen molar-refractivity contribution in [3.05, 3.63) is 70.5 Å². The summed E-state index contributed by atoms with van der Waals surface area (Å²) in [4.78, 5) is 30.9. The van der Waals surface area contributed by atoms with Crippen molar-refractivity contribution in [2.24, 2.45) is 0 Å². The molecule has 0 spiro atoms. The second-order valence-corrected chi connectivity index (χ2v) is 6.92. The van der Waals surface area contributed by atoms with Crippen LogP contribution in [0.15, 0.2) is 54.4 Å². The number of aliphatic hydroxyl groups is 1. The van der Waals surface area contributed by atoms with Gasteiger partial charge in [0.2, 0.25) is 0 Å². The van der Waals surface area contributed by atoms with Gasteiger partial charge in [0.15, 0.2) is 0 Å². The number of halogens is 1. The molecule has 6 heteroatoms. The first-order valence-electron chi connectivity index (χ1n) is 8.99. The predicted molar refractivity (Wildman–Crippen MR) is 104 cm³/mol. The first-order valence-corrected chi connectivity index (χ1v) is 9.36. The normalized spacial score (nSPS) is 18.9. The van der Waals surface area contributed by atoms with Crippen LogP contribution in [0.1, 0.15) is 43.4 Å². The molecule has 1 atom stereocenters. The smallest absolute Gasteiger partial charge is 0.295 e. The predicted octanol–water partition coefficient (Wildman–Crippen LogP) is 4.35. The molecule has 0 aliphatic carbocycles. The van der Waals surface area contributed by atoms with E-state index in [2.05, 4.69) is 11.9 Å². The summed E-state index contributed by atoms with van der Waals surface area (Å²) in [5, 5.41) is 11.4. The van der Waals surface area contributed by atoms with Crippen molar-refractivity contribution in [2.45, 2.75) is 32.2 Å². The van der Waals surface area contributed by atoms with Gasteiger partial charge in [0.05, 0.1) is 11.6 Å². The zero-order valence-electron chi connectivity index (χ0n) is 15.1. The van der Waals surface area contributed by atoms with Crippen molar-refractivity contribution >= 4 is 29.1 Å². The Morgan fingerprint density at radius 3 is 2.41 bits per heavy atom. The molecule has 1 saturated heterocycles. The van der Waals surface area contributed by atoms with Crippen molar-refractivity contribution in [1.29, 1.82) is 0 Å². The van der Waals surface area contributed by atoms with Crippen molar-refractivity contribution in [3.63, 3.8) is 0 Å². The maximum absolute atomic E-state index is 12.8. The molecule has 3 rings (SSSR count). The number of carbonyl (C=O) groups excluding carboxylic acids is 2. The van der Waals surface area contributed by atoms with Crippen molar-refractivity contribution < 1.29 is 14.7 Å². The number of hydrogen-bond acceptors (Lipinski definition) is 4. The van der Waals surface area contributed by atoms with E-state index in [-0.39, 0.29) is 11.3 Å². The highest BCUT2D eigenvalue weighted by Crippen LogP contribution is 2.39. The van der Waals surface area contributed by atoms with Crippen LogP contribution in [0, 0.1) is 0 Å². The van der Waals surface area contributed by atoms with Gasteiger partial charge < -0.3 is 10.0 Å². The fourth-order valence-electron chi connectivity index (χ4n) is 3.30. The van der Waals surface area contributed by atoms with Crippen LogP contribution in [0.5, 0.6) is 0 Å². The summed E-state index contributed by atoms with van der Waals surface area (Å²) in [6.07, 6.45) is 5.82. The lowest BCUT2D eigenvalue weighted by molar-refractivity contribution is -0.139. The average molecular weight is 385 g/mol. The number of rotatable bonds is 6. The maximum atomic E-state index is 12.8. The van der Waals surface area contributed by atoms with Crippen LogP contribution in [0.2, 0.25) is 5.02 Å². The standard InChI is InChI=1S/C21H21ClN2O3/c1-2-3-4-13-24-18(14-5-7-16(22)8-6-14)17(20(26)21(24)27)19(25)15-9-11-23-12-10-15/h5-12,18,25H,2-4,13H2,1H3/b19-17-. The molecule has 140 valence electrons. The lowest BCUT2D eigenvalue weighted by Gasteiger charge is -2.25. The largest absolute Gasteiger partial charge is 0.507 e. The Labute approximate surface area is 163 Å². The van der Waals surface area contributed by atoms with Crippen LogP contribution < -0.4 is 0 Å². The summed E-state index contributed by atoms with van der Waals surface area (Å²) in [7, 11) is 0. The Kier molecular flexibility index (Phi) is 5.91. The van der Waals surface area contributed by atoms with E-state index in [0.29, 0.717) is 17.1 Å². The molecule has 2 heterocycles. The minimum atomic E-state index is -0.666. The lowest BCUT2D eigenvalue weighted by Crippen LogP contribution is -2.30. The number of likely N-dealkylation sites (tertiary alicyclic amines) is 1. The number of amides is 1. The molecule has 5 nitrogen and oxygen atoms in total. The van der Waals surface area contributed by atoms with Gasteiger partial charge in [-0.25, -0.2) is 0 Å². The van der Waals surface area contributed by atoms with E-state index < -0.39 is 17.7 Å². The van der Waals surface area contributed by atoms with Crippen LogP contribution in [-0.2, 0) is 9.59 Å². The number of hydrogen-bond donors (Lipinski definition) is 1. The third kappa shape index (κ3) is 3.88. The highest BCUT2D eigenvalue weighted by atomic mass is 35.5. The Morgan fingerprint density at radius 1 is 1.11 bits per heavy atom. The molecular formula is C21H21ClN2O3. The number of benzene rings is 1. The van der Waals surface area contributed by atoms with E-state index >= 15 is 0 Å². The zero-order valence-corrected chi connectivity index (χ0v) is 15.8. The lowest BCUT2D eigenvalue weighted by atomic mass is 9.95. The molecule has 1 aliphatic heterocycles. The first-order chi connectivity index (χ1) is 13.0. The number of aliphatic hydroxyl groups excluding tert-OH is 1. The minimum absolute atomic E-state index is 0.102. The zero-order chi connectivity index (χ0) is 19.4. The van der Waals surface area contributed by atoms with Gasteiger partial charge in [0.1, 0.15) is 5.76 Å². The molecule has 1 amide bonds. The Bertz CT molecular complexity index is 863. The monoisotopic (exact) mass is 384 g/mol. The average Bonchev–Trinajstić information content (AvgIpc) is 2.94. The van der Waals surface area contributed by atoms with Gasteiger partial charge in [0, 0.05) is 29.5 Å². The molecule has 1 unspecified atom stereocenters. The molecule has 27 heavy (non-hydrogen) atoms. The topological polar surface area (TPSA) is 70.5 Å². The number of Topliss-reactive ketones (excluding diaryl/α,β-unsaturated/α-hetero) is 1. The second kappa shape index (κ2) is 8.35. The fourth-order valence-corrected chi connectivity index (χ4v) is 3.43. The van der Waals surface area contributed by atoms with Crippen molar-refractivity contribution in [2.75, 3.05) is 6.54 Å². The quantitative estimate of drug-likeness (QED) is 0.348. The summed E-state index contributed by atoms with van der Waals surface area (Å²) in [5.74, 6) is -1.43. The Hall–Kier alpha value is -2.66. The number of nitrogens with zero attached hydrogens (tertiary/aromatic N) is 2. The van der Waals surface area contributed by atoms with E-state index in [1.165, 1.54) is 12.4 Å². The Morgan fingerprint density at radius 2 is 1.78 bits per heavy atom. The fraction of sp³-hybridized carbons (Fsp3) is 0.286. The van der Waals surface area contributed by atoms with Gasteiger partial charge in [-0.15, -0.1) is 0 Å². The minimum Gasteiger partial charge on any atom is -0.507 e. The molecule has 0 bridgehead atoms. The van der Waals surface area contributed by atoms with Crippen LogP contribution in [-0.4, -0.2) is 33.2 Å². The first kappa shape index (κ1) is 19.1. The number of aromatic nitrogens is 1. The molecule has 1 fully saturated rings. The third-order valence-corrected chi connectivity index (χ3v) is 4.93. The second-order valence-electron chi connectivity index (χ2n) is 6.49. The number of pyridine rings is 1. The van der Waals surface area contributed by atoms with Gasteiger partial charge in [-0.05, 0) is 36.2 Å². The molecule has 1 aliphatic rings. The van der Waals surface area contributed by atoms with Crippen molar-refractivity contribution in [1.82, 2.24) is 9.88 Å². The third-order valence-electron chi connectivity index (χ3n) is 4.68. The van der Waals surface area contributed by atoms with E-state index in [4.69, 9.17) is 11.6 Å². The van der Waals surface area contributed by atoms with Crippen molar-refractivity contribution in [3.8, 4) is 0 Å². The molecular weight excluding hydrogens is 364 g/mol. The van der Waals surface area contributed by atoms with E-state index in [0.717, 1.165) is 24.8 Å². The molecule has 1 aromatic carbocycles. The maximum Gasteiger partial charge on any atom is 0.295 e. The van der Waals surface area contributed by atoms with E-state index in [9.17, 15) is 14.7 Å². The SMILES string of the molecule is CCCCCN1C(=O)C(=O)/C(=C(\O)c2ccncc2)C1c1ccc(Cl)cc1. The number of unbranched alkanes of at least 4 members (excludes halogenated alkanes) is 2. The van der Waals surface area contributed by atoms with Crippen LogP contribution in [0.4, 0.5) is 0 Å². The summed E-state index contributed by atoms with van der Waals surface area (Å²) >= 11 is 5.99. The van der Waals surface area contributed by atoms with E-state index in [1.54, 1.807) is 41.3 Å². The summed E-state index contributed by atoms with van der Waals surface area (Å²) in [5.41, 5.74) is 1.30. The van der Waals surface area contributed by atoms with Crippen LogP contribution in [0.25, 0.3) is 5.76 Å². The Balaban J connectivity index is 2.10. The van der Waals surface area contributed by atoms with Crippen LogP contribution in [0.3, 0.4) is 0 Å². The van der Waals surface area contributed by atoms with Gasteiger partial charge in [0.25, 0.3) is 11.7 Å². The number of ketones is 1. The summed E-state index contributed by atoms with van der Waals surface area (Å²) in [6, 6.07) is 9.59. The molecule has 0 radical (unpaired) electrons. The molecule has 0 saturated carbocycles. The summed E-state index contributed by atoms with van der Waals surface area (Å²) < 4.78 is 0. The molecule has 2 aromatic rings. The highest BCUT2D eigenvalue weighted by molar-refractivity contribution is 6.46. The van der Waals surface area contributed by atoms with Gasteiger partial charge in [-0.2, -0.15) is 0 Å². The van der Waals surface area contributed by atoms with E-state index in [1.807, 2.05) is 0 Å². The number of carbonyl (C=O) groups is 2.